The summed E-state index contributed by atoms with van der Waals surface area (Å²) in [6.07, 6.45) is 4.71. The largest absolute Gasteiger partial charge is 0.316 e. The lowest BCUT2D eigenvalue weighted by molar-refractivity contribution is 0.166. The van der Waals surface area contributed by atoms with E-state index < -0.39 is 10.0 Å². The van der Waals surface area contributed by atoms with Crippen LogP contribution in [0, 0.1) is 5.41 Å². The summed E-state index contributed by atoms with van der Waals surface area (Å²) < 4.78 is 28.8. The first-order valence-electron chi connectivity index (χ1n) is 7.30. The highest BCUT2D eigenvalue weighted by Crippen LogP contribution is 2.37. The molecule has 0 saturated carbocycles. The predicted octanol–water partition coefficient (Wildman–Crippen LogP) is 1.09. The Morgan fingerprint density at radius 2 is 2.24 bits per heavy atom. The second-order valence-electron chi connectivity index (χ2n) is 5.85. The molecule has 2 fully saturated rings. The lowest BCUT2D eigenvalue weighted by atomic mass is 9.80. The van der Waals surface area contributed by atoms with Crippen LogP contribution in [0.15, 0.2) is 17.3 Å². The Bertz CT molecular complexity index is 581. The molecule has 21 heavy (non-hydrogen) atoms. The highest BCUT2D eigenvalue weighted by atomic mass is 35.5. The fraction of sp³-hybridized carbons (Fsp3) is 0.769. The first-order chi connectivity index (χ1) is 9.57. The monoisotopic (exact) mass is 334 g/mol. The zero-order valence-corrected chi connectivity index (χ0v) is 13.9. The van der Waals surface area contributed by atoms with Crippen LogP contribution in [0.5, 0.6) is 0 Å². The Kier molecular flexibility index (Phi) is 4.97. The number of hydrogen-bond acceptors (Lipinski definition) is 4. The SMILES string of the molecule is CCn1nccc1S(=O)(=O)N1CCCC2(CCNC2)C1.Cl. The minimum Gasteiger partial charge on any atom is -0.316 e. The quantitative estimate of drug-likeness (QED) is 0.898. The molecule has 0 bridgehead atoms. The molecule has 3 heterocycles. The average molecular weight is 335 g/mol. The summed E-state index contributed by atoms with van der Waals surface area (Å²) in [5, 5.41) is 7.78. The number of aryl methyl sites for hydroxylation is 1. The fourth-order valence-electron chi connectivity index (χ4n) is 3.42. The molecule has 0 aliphatic carbocycles. The lowest BCUT2D eigenvalue weighted by Gasteiger charge is -2.39. The van der Waals surface area contributed by atoms with Gasteiger partial charge in [-0.1, -0.05) is 0 Å². The fourth-order valence-corrected chi connectivity index (χ4v) is 5.17. The van der Waals surface area contributed by atoms with E-state index in [9.17, 15) is 8.42 Å². The molecule has 6 nitrogen and oxygen atoms in total. The Morgan fingerprint density at radius 3 is 2.90 bits per heavy atom. The van der Waals surface area contributed by atoms with Crippen molar-refractivity contribution in [1.29, 1.82) is 0 Å². The number of rotatable bonds is 3. The number of nitrogens with one attached hydrogen (secondary N) is 1. The van der Waals surface area contributed by atoms with Gasteiger partial charge >= 0.3 is 0 Å². The van der Waals surface area contributed by atoms with Crippen LogP contribution in [0.25, 0.3) is 0 Å². The smallest absolute Gasteiger partial charge is 0.260 e. The maximum atomic E-state index is 12.8. The molecule has 0 amide bonds. The minimum absolute atomic E-state index is 0. The van der Waals surface area contributed by atoms with Crippen molar-refractivity contribution in [1.82, 2.24) is 19.4 Å². The van der Waals surface area contributed by atoms with Gasteiger partial charge in [-0.2, -0.15) is 9.40 Å². The molecule has 120 valence electrons. The molecule has 1 aromatic rings. The van der Waals surface area contributed by atoms with E-state index in [1.165, 1.54) is 0 Å². The van der Waals surface area contributed by atoms with E-state index >= 15 is 0 Å². The zero-order chi connectivity index (χ0) is 14.2. The van der Waals surface area contributed by atoms with Gasteiger partial charge in [-0.25, -0.2) is 8.42 Å². The van der Waals surface area contributed by atoms with Crippen LogP contribution in [0.4, 0.5) is 0 Å². The van der Waals surface area contributed by atoms with E-state index in [2.05, 4.69) is 10.4 Å². The van der Waals surface area contributed by atoms with Crippen molar-refractivity contribution in [3.05, 3.63) is 12.3 Å². The lowest BCUT2D eigenvalue weighted by Crippen LogP contribution is -2.47. The van der Waals surface area contributed by atoms with Crippen molar-refractivity contribution in [2.75, 3.05) is 26.2 Å². The summed E-state index contributed by atoms with van der Waals surface area (Å²) in [6, 6.07) is 1.60. The van der Waals surface area contributed by atoms with Gasteiger partial charge in [0.05, 0.1) is 6.20 Å². The Morgan fingerprint density at radius 1 is 1.43 bits per heavy atom. The maximum Gasteiger partial charge on any atom is 0.260 e. The molecule has 1 aromatic heterocycles. The number of sulfonamides is 1. The maximum absolute atomic E-state index is 12.8. The molecule has 1 unspecified atom stereocenters. The number of aromatic nitrogens is 2. The van der Waals surface area contributed by atoms with Crippen molar-refractivity contribution in [3.63, 3.8) is 0 Å². The molecule has 0 radical (unpaired) electrons. The van der Waals surface area contributed by atoms with E-state index in [1.807, 2.05) is 6.92 Å². The standard InChI is InChI=1S/C13H22N4O2S.ClH/c1-2-17-12(4-7-15-17)20(18,19)16-9-3-5-13(11-16)6-8-14-10-13;/h4,7,14H,2-3,5-6,8-11H2,1H3;1H. The third-order valence-corrected chi connectivity index (χ3v) is 6.41. The molecule has 1 atom stereocenters. The van der Waals surface area contributed by atoms with Gasteiger partial charge in [0.25, 0.3) is 10.0 Å². The normalized spacial score (nSPS) is 26.9. The van der Waals surface area contributed by atoms with E-state index in [1.54, 1.807) is 21.3 Å². The van der Waals surface area contributed by atoms with E-state index in [0.717, 1.165) is 32.4 Å². The molecule has 1 spiro atoms. The van der Waals surface area contributed by atoms with Gasteiger partial charge in [-0.05, 0) is 44.2 Å². The Balaban J connectivity index is 0.00000161. The molecular formula is C13H23ClN4O2S. The average Bonchev–Trinajstić information content (AvgIpc) is 3.08. The van der Waals surface area contributed by atoms with Crippen molar-refractivity contribution < 1.29 is 8.42 Å². The number of halogens is 1. The van der Waals surface area contributed by atoms with Gasteiger partial charge in [-0.15, -0.1) is 12.4 Å². The number of nitrogens with zero attached hydrogens (tertiary/aromatic N) is 3. The van der Waals surface area contributed by atoms with Gasteiger partial charge < -0.3 is 5.32 Å². The molecule has 2 aliphatic rings. The second-order valence-corrected chi connectivity index (χ2v) is 7.74. The molecule has 2 aliphatic heterocycles. The molecule has 2 saturated heterocycles. The van der Waals surface area contributed by atoms with Crippen molar-refractivity contribution >= 4 is 22.4 Å². The van der Waals surface area contributed by atoms with Crippen LogP contribution >= 0.6 is 12.4 Å². The predicted molar refractivity (Wildman–Crippen MR) is 83.1 cm³/mol. The van der Waals surface area contributed by atoms with Crippen molar-refractivity contribution in [3.8, 4) is 0 Å². The molecule has 3 rings (SSSR count). The summed E-state index contributed by atoms with van der Waals surface area (Å²) in [7, 11) is -3.42. The highest BCUT2D eigenvalue weighted by molar-refractivity contribution is 7.89. The van der Waals surface area contributed by atoms with E-state index in [4.69, 9.17) is 0 Å². The summed E-state index contributed by atoms with van der Waals surface area (Å²) in [5.74, 6) is 0. The Hall–Kier alpha value is -0.630. The van der Waals surface area contributed by atoms with Crippen LogP contribution in [-0.2, 0) is 16.6 Å². The zero-order valence-electron chi connectivity index (χ0n) is 12.3. The van der Waals surface area contributed by atoms with Crippen LogP contribution in [0.2, 0.25) is 0 Å². The van der Waals surface area contributed by atoms with Crippen LogP contribution in [-0.4, -0.2) is 48.7 Å². The molecular weight excluding hydrogens is 312 g/mol. The van der Waals surface area contributed by atoms with Crippen LogP contribution < -0.4 is 5.32 Å². The van der Waals surface area contributed by atoms with E-state index in [-0.39, 0.29) is 17.8 Å². The van der Waals surface area contributed by atoms with Crippen LogP contribution in [0.1, 0.15) is 26.2 Å². The molecule has 0 aromatic carbocycles. The summed E-state index contributed by atoms with van der Waals surface area (Å²) in [5.41, 5.74) is 0.141. The van der Waals surface area contributed by atoms with E-state index in [0.29, 0.717) is 24.7 Å². The molecule has 1 N–H and O–H groups in total. The third-order valence-electron chi connectivity index (χ3n) is 4.54. The van der Waals surface area contributed by atoms with Crippen LogP contribution in [0.3, 0.4) is 0 Å². The van der Waals surface area contributed by atoms with Crippen molar-refractivity contribution in [2.45, 2.75) is 37.8 Å². The van der Waals surface area contributed by atoms with Gasteiger partial charge in [0.15, 0.2) is 5.03 Å². The second kappa shape index (κ2) is 6.24. The minimum atomic E-state index is -3.42. The molecule has 8 heteroatoms. The van der Waals surface area contributed by atoms with Gasteiger partial charge in [0, 0.05) is 26.2 Å². The summed E-state index contributed by atoms with van der Waals surface area (Å²) in [6.45, 7) is 5.68. The number of hydrogen-bond donors (Lipinski definition) is 1. The summed E-state index contributed by atoms with van der Waals surface area (Å²) >= 11 is 0. The van der Waals surface area contributed by atoms with Gasteiger partial charge in [0.2, 0.25) is 0 Å². The topological polar surface area (TPSA) is 67.2 Å². The first-order valence-corrected chi connectivity index (χ1v) is 8.74. The Labute approximate surface area is 132 Å². The van der Waals surface area contributed by atoms with Gasteiger partial charge in [-0.3, -0.25) is 4.68 Å². The van der Waals surface area contributed by atoms with Gasteiger partial charge in [0.1, 0.15) is 0 Å². The third kappa shape index (κ3) is 2.97. The number of piperidine rings is 1. The van der Waals surface area contributed by atoms with Crippen molar-refractivity contribution in [2.24, 2.45) is 5.41 Å². The highest BCUT2D eigenvalue weighted by Gasteiger charge is 2.42. The first kappa shape index (κ1) is 16.7. The summed E-state index contributed by atoms with van der Waals surface area (Å²) in [4.78, 5) is 0.